The quantitative estimate of drug-likeness (QED) is 0.694. The summed E-state index contributed by atoms with van der Waals surface area (Å²) < 4.78 is 4.92. The summed E-state index contributed by atoms with van der Waals surface area (Å²) in [6.07, 6.45) is 3.08. The number of carbonyl (C=O) groups is 2. The second-order valence-corrected chi connectivity index (χ2v) is 4.55. The minimum atomic E-state index is -0.588. The minimum absolute atomic E-state index is 0.109. The summed E-state index contributed by atoms with van der Waals surface area (Å²) in [6, 6.07) is -0.958. The van der Waals surface area contributed by atoms with Gasteiger partial charge in [-0.05, 0) is 25.7 Å². The van der Waals surface area contributed by atoms with Gasteiger partial charge < -0.3 is 20.7 Å². The van der Waals surface area contributed by atoms with Gasteiger partial charge in [-0.1, -0.05) is 0 Å². The van der Waals surface area contributed by atoms with E-state index in [-0.39, 0.29) is 17.9 Å². The van der Waals surface area contributed by atoms with Crippen LogP contribution in [0.25, 0.3) is 0 Å². The normalized spacial score (nSPS) is 21.5. The Morgan fingerprint density at radius 3 is 2.83 bits per heavy atom. The third-order valence-electron chi connectivity index (χ3n) is 3.29. The zero-order valence-corrected chi connectivity index (χ0v) is 11.1. The van der Waals surface area contributed by atoms with Gasteiger partial charge in [0, 0.05) is 27.3 Å². The van der Waals surface area contributed by atoms with Crippen molar-refractivity contribution in [2.45, 2.75) is 37.8 Å². The fourth-order valence-corrected chi connectivity index (χ4v) is 2.22. The third-order valence-corrected chi connectivity index (χ3v) is 3.29. The summed E-state index contributed by atoms with van der Waals surface area (Å²) >= 11 is 0. The van der Waals surface area contributed by atoms with E-state index in [2.05, 4.69) is 5.32 Å². The molecule has 1 fully saturated rings. The van der Waals surface area contributed by atoms with Crippen LogP contribution < -0.4 is 11.1 Å². The zero-order valence-electron chi connectivity index (χ0n) is 11.1. The number of nitrogens with zero attached hydrogens (tertiary/aromatic N) is 1. The molecule has 2 amide bonds. The van der Waals surface area contributed by atoms with Crippen molar-refractivity contribution in [3.63, 3.8) is 0 Å². The number of amides is 2. The predicted molar refractivity (Wildman–Crippen MR) is 67.9 cm³/mol. The van der Waals surface area contributed by atoms with Crippen LogP contribution in [0.15, 0.2) is 0 Å². The van der Waals surface area contributed by atoms with Crippen LogP contribution in [0.4, 0.5) is 0 Å². The van der Waals surface area contributed by atoms with E-state index in [1.807, 2.05) is 0 Å². The van der Waals surface area contributed by atoms with E-state index in [1.165, 1.54) is 0 Å². The van der Waals surface area contributed by atoms with E-state index < -0.39 is 6.04 Å². The second kappa shape index (κ2) is 7.33. The number of hydrogen-bond acceptors (Lipinski definition) is 4. The van der Waals surface area contributed by atoms with Gasteiger partial charge in [0.15, 0.2) is 0 Å². The molecule has 1 rings (SSSR count). The van der Waals surface area contributed by atoms with Gasteiger partial charge in [0.2, 0.25) is 11.8 Å². The molecule has 0 aromatic carbocycles. The molecule has 0 aromatic heterocycles. The van der Waals surface area contributed by atoms with Crippen molar-refractivity contribution in [1.82, 2.24) is 10.2 Å². The molecule has 2 atom stereocenters. The van der Waals surface area contributed by atoms with Gasteiger partial charge in [0.1, 0.15) is 6.04 Å². The smallest absolute Gasteiger partial charge is 0.242 e. The van der Waals surface area contributed by atoms with Crippen molar-refractivity contribution in [2.75, 3.05) is 27.3 Å². The van der Waals surface area contributed by atoms with Gasteiger partial charge in [-0.25, -0.2) is 0 Å². The molecule has 1 aliphatic rings. The molecule has 0 aliphatic carbocycles. The number of rotatable bonds is 5. The van der Waals surface area contributed by atoms with Crippen LogP contribution >= 0.6 is 0 Å². The Morgan fingerprint density at radius 2 is 2.22 bits per heavy atom. The average molecular weight is 257 g/mol. The molecule has 6 heteroatoms. The van der Waals surface area contributed by atoms with Crippen molar-refractivity contribution in [3.05, 3.63) is 0 Å². The molecule has 1 heterocycles. The molecule has 0 radical (unpaired) electrons. The Morgan fingerprint density at radius 1 is 1.50 bits per heavy atom. The lowest BCUT2D eigenvalue weighted by Crippen LogP contribution is -2.55. The molecule has 1 aliphatic heterocycles. The van der Waals surface area contributed by atoms with Crippen LogP contribution in [0.1, 0.15) is 25.7 Å². The molecule has 0 spiro atoms. The van der Waals surface area contributed by atoms with Crippen LogP contribution in [-0.4, -0.2) is 56.1 Å². The first-order valence-electron chi connectivity index (χ1n) is 6.38. The van der Waals surface area contributed by atoms with Gasteiger partial charge in [-0.15, -0.1) is 0 Å². The molecular weight excluding hydrogens is 234 g/mol. The summed E-state index contributed by atoms with van der Waals surface area (Å²) in [4.78, 5) is 25.6. The minimum Gasteiger partial charge on any atom is -0.385 e. The highest BCUT2D eigenvalue weighted by molar-refractivity contribution is 5.89. The maximum atomic E-state index is 12.2. The summed E-state index contributed by atoms with van der Waals surface area (Å²) in [5.74, 6) is -0.262. The van der Waals surface area contributed by atoms with Crippen LogP contribution in [0.3, 0.4) is 0 Å². The number of methoxy groups -OCH3 is 1. The van der Waals surface area contributed by atoms with E-state index in [1.54, 1.807) is 19.1 Å². The first kappa shape index (κ1) is 14.9. The largest absolute Gasteiger partial charge is 0.385 e. The topological polar surface area (TPSA) is 84.7 Å². The Kier molecular flexibility index (Phi) is 6.07. The SMILES string of the molecule is CNC(=O)C1CCCCN1C(=O)C(N)CCOC. The van der Waals surface area contributed by atoms with Crippen molar-refractivity contribution in [1.29, 1.82) is 0 Å². The number of nitrogens with two attached hydrogens (primary N) is 1. The number of nitrogens with one attached hydrogen (secondary N) is 1. The summed E-state index contributed by atoms with van der Waals surface area (Å²) in [6.45, 7) is 1.06. The maximum Gasteiger partial charge on any atom is 0.242 e. The van der Waals surface area contributed by atoms with Crippen LogP contribution in [-0.2, 0) is 14.3 Å². The number of ether oxygens (including phenoxy) is 1. The van der Waals surface area contributed by atoms with E-state index >= 15 is 0 Å². The number of likely N-dealkylation sites (tertiary alicyclic amines) is 1. The van der Waals surface area contributed by atoms with Gasteiger partial charge in [0.25, 0.3) is 0 Å². The van der Waals surface area contributed by atoms with E-state index in [4.69, 9.17) is 10.5 Å². The fraction of sp³-hybridized carbons (Fsp3) is 0.833. The van der Waals surface area contributed by atoms with E-state index in [9.17, 15) is 9.59 Å². The lowest BCUT2D eigenvalue weighted by molar-refractivity contribution is -0.143. The molecule has 0 bridgehead atoms. The molecule has 104 valence electrons. The molecule has 0 aromatic rings. The predicted octanol–water partition coefficient (Wildman–Crippen LogP) is -0.523. The standard InChI is InChI=1S/C12H23N3O3/c1-14-11(16)10-5-3-4-7-15(10)12(17)9(13)6-8-18-2/h9-10H,3-8,13H2,1-2H3,(H,14,16). The number of piperidine rings is 1. The monoisotopic (exact) mass is 257 g/mol. The summed E-state index contributed by atoms with van der Waals surface area (Å²) in [5, 5.41) is 2.60. The summed E-state index contributed by atoms with van der Waals surface area (Å²) in [7, 11) is 3.16. The summed E-state index contributed by atoms with van der Waals surface area (Å²) in [5.41, 5.74) is 5.84. The van der Waals surface area contributed by atoms with Gasteiger partial charge in [-0.3, -0.25) is 9.59 Å². The number of likely N-dealkylation sites (N-methyl/N-ethyl adjacent to an activating group) is 1. The van der Waals surface area contributed by atoms with Gasteiger partial charge in [-0.2, -0.15) is 0 Å². The van der Waals surface area contributed by atoms with Crippen molar-refractivity contribution in [3.8, 4) is 0 Å². The fourth-order valence-electron chi connectivity index (χ4n) is 2.22. The lowest BCUT2D eigenvalue weighted by atomic mass is 10.00. The molecule has 0 saturated carbocycles. The molecule has 6 nitrogen and oxygen atoms in total. The van der Waals surface area contributed by atoms with E-state index in [0.29, 0.717) is 26.0 Å². The van der Waals surface area contributed by atoms with Crippen molar-refractivity contribution >= 4 is 11.8 Å². The Hall–Kier alpha value is -1.14. The average Bonchev–Trinajstić information content (AvgIpc) is 2.43. The van der Waals surface area contributed by atoms with Gasteiger partial charge in [0.05, 0.1) is 6.04 Å². The molecule has 18 heavy (non-hydrogen) atoms. The molecule has 1 saturated heterocycles. The highest BCUT2D eigenvalue weighted by Gasteiger charge is 2.33. The third kappa shape index (κ3) is 3.68. The first-order valence-corrected chi connectivity index (χ1v) is 6.38. The van der Waals surface area contributed by atoms with Crippen LogP contribution in [0.2, 0.25) is 0 Å². The molecule has 3 N–H and O–H groups in total. The molecule has 2 unspecified atom stereocenters. The number of hydrogen-bond donors (Lipinski definition) is 2. The van der Waals surface area contributed by atoms with Crippen LogP contribution in [0, 0.1) is 0 Å². The first-order chi connectivity index (χ1) is 8.61. The number of carbonyl (C=O) groups excluding carboxylic acids is 2. The Bertz CT molecular complexity index is 296. The zero-order chi connectivity index (χ0) is 13.5. The van der Waals surface area contributed by atoms with Crippen LogP contribution in [0.5, 0.6) is 0 Å². The second-order valence-electron chi connectivity index (χ2n) is 4.55. The van der Waals surface area contributed by atoms with Crippen molar-refractivity contribution in [2.24, 2.45) is 5.73 Å². The lowest BCUT2D eigenvalue weighted by Gasteiger charge is -2.35. The highest BCUT2D eigenvalue weighted by atomic mass is 16.5. The Balaban J connectivity index is 2.64. The highest BCUT2D eigenvalue weighted by Crippen LogP contribution is 2.18. The van der Waals surface area contributed by atoms with E-state index in [0.717, 1.165) is 12.8 Å². The van der Waals surface area contributed by atoms with Crippen molar-refractivity contribution < 1.29 is 14.3 Å². The Labute approximate surface area is 108 Å². The molecular formula is C12H23N3O3. The van der Waals surface area contributed by atoms with Gasteiger partial charge >= 0.3 is 0 Å². The maximum absolute atomic E-state index is 12.2.